The van der Waals surface area contributed by atoms with Crippen molar-refractivity contribution in [1.29, 1.82) is 0 Å². The number of nitrogens with one attached hydrogen (secondary N) is 1. The summed E-state index contributed by atoms with van der Waals surface area (Å²) in [6.07, 6.45) is 0.296. The summed E-state index contributed by atoms with van der Waals surface area (Å²) >= 11 is 0. The van der Waals surface area contributed by atoms with Gasteiger partial charge >= 0.3 is 0 Å². The van der Waals surface area contributed by atoms with E-state index in [1.54, 1.807) is 0 Å². The Balaban J connectivity index is 2.07. The third kappa shape index (κ3) is 4.54. The molecule has 2 amide bonds. The van der Waals surface area contributed by atoms with Crippen LogP contribution in [0, 0.1) is 0 Å². The van der Waals surface area contributed by atoms with E-state index >= 15 is 0 Å². The molecule has 0 spiro atoms. The van der Waals surface area contributed by atoms with Crippen LogP contribution < -0.4 is 11.1 Å². The van der Waals surface area contributed by atoms with E-state index in [4.69, 9.17) is 10.5 Å². The lowest BCUT2D eigenvalue weighted by molar-refractivity contribution is -0.138. The molecule has 1 aromatic carbocycles. The zero-order chi connectivity index (χ0) is 15.9. The summed E-state index contributed by atoms with van der Waals surface area (Å²) in [6, 6.07) is 9.40. The van der Waals surface area contributed by atoms with Crippen molar-refractivity contribution in [3.63, 3.8) is 0 Å². The van der Waals surface area contributed by atoms with Crippen molar-refractivity contribution in [3.8, 4) is 0 Å². The minimum absolute atomic E-state index is 0.0143. The molecule has 1 aliphatic heterocycles. The number of morpholine rings is 1. The molecule has 1 unspecified atom stereocenters. The van der Waals surface area contributed by atoms with Crippen LogP contribution in [0.25, 0.3) is 0 Å². The molecule has 1 fully saturated rings. The lowest BCUT2D eigenvalue weighted by Crippen LogP contribution is -2.47. The topological polar surface area (TPSA) is 84.7 Å². The van der Waals surface area contributed by atoms with Crippen LogP contribution in [0.5, 0.6) is 0 Å². The van der Waals surface area contributed by atoms with E-state index in [9.17, 15) is 9.59 Å². The maximum atomic E-state index is 12.6. The Morgan fingerprint density at radius 2 is 2.14 bits per heavy atom. The zero-order valence-electron chi connectivity index (χ0n) is 12.8. The van der Waals surface area contributed by atoms with Crippen LogP contribution in [0.3, 0.4) is 0 Å². The number of nitrogens with two attached hydrogens (primary N) is 1. The molecule has 0 aliphatic carbocycles. The number of ether oxygens (including phenoxy) is 1. The standard InChI is InChI=1S/C16H23N3O3/c1-12(13-5-3-2-4-6-13)19(10-15(17)20)16(21)9-14-11-22-8-7-18-14/h2-6,12,14,18H,7-11H2,1H3,(H2,17,20)/t12-,14?/m1/s1. The SMILES string of the molecule is C[C@H](c1ccccc1)N(CC(N)=O)C(=O)CC1COCCN1. The maximum Gasteiger partial charge on any atom is 0.237 e. The normalized spacial score (nSPS) is 19.4. The number of benzene rings is 1. The third-order valence-corrected chi connectivity index (χ3v) is 3.82. The minimum Gasteiger partial charge on any atom is -0.378 e. The van der Waals surface area contributed by atoms with Gasteiger partial charge in [0.15, 0.2) is 0 Å². The van der Waals surface area contributed by atoms with Gasteiger partial charge in [0.25, 0.3) is 0 Å². The van der Waals surface area contributed by atoms with Gasteiger partial charge < -0.3 is 20.7 Å². The molecule has 2 rings (SSSR count). The second-order valence-corrected chi connectivity index (χ2v) is 5.50. The second-order valence-electron chi connectivity index (χ2n) is 5.50. The van der Waals surface area contributed by atoms with Gasteiger partial charge in [-0.15, -0.1) is 0 Å². The molecule has 0 aromatic heterocycles. The molecule has 120 valence electrons. The first-order valence-electron chi connectivity index (χ1n) is 7.51. The minimum atomic E-state index is -0.510. The zero-order valence-corrected chi connectivity index (χ0v) is 12.8. The van der Waals surface area contributed by atoms with Crippen molar-refractivity contribution in [2.75, 3.05) is 26.3 Å². The smallest absolute Gasteiger partial charge is 0.237 e. The first-order valence-corrected chi connectivity index (χ1v) is 7.51. The fourth-order valence-corrected chi connectivity index (χ4v) is 2.60. The van der Waals surface area contributed by atoms with Crippen LogP contribution in [0.4, 0.5) is 0 Å². The highest BCUT2D eigenvalue weighted by molar-refractivity contribution is 5.84. The monoisotopic (exact) mass is 305 g/mol. The summed E-state index contributed by atoms with van der Waals surface area (Å²) in [5.74, 6) is -0.609. The largest absolute Gasteiger partial charge is 0.378 e. The summed E-state index contributed by atoms with van der Waals surface area (Å²) in [5, 5.41) is 3.25. The number of amides is 2. The van der Waals surface area contributed by atoms with Crippen LogP contribution in [0.2, 0.25) is 0 Å². The molecule has 6 nitrogen and oxygen atoms in total. The van der Waals surface area contributed by atoms with Crippen molar-refractivity contribution in [1.82, 2.24) is 10.2 Å². The Morgan fingerprint density at radius 1 is 1.41 bits per heavy atom. The molecule has 6 heteroatoms. The molecule has 22 heavy (non-hydrogen) atoms. The first-order chi connectivity index (χ1) is 10.6. The fourth-order valence-electron chi connectivity index (χ4n) is 2.60. The molecule has 0 bridgehead atoms. The molecule has 0 saturated carbocycles. The predicted octanol–water partition coefficient (Wildman–Crippen LogP) is 0.440. The number of carbonyl (C=O) groups excluding carboxylic acids is 2. The third-order valence-electron chi connectivity index (χ3n) is 3.82. The molecule has 3 N–H and O–H groups in total. The Kier molecular flexibility index (Phi) is 5.91. The lowest BCUT2D eigenvalue weighted by Gasteiger charge is -2.31. The van der Waals surface area contributed by atoms with Crippen molar-refractivity contribution in [2.45, 2.75) is 25.4 Å². The van der Waals surface area contributed by atoms with E-state index in [2.05, 4.69) is 5.32 Å². The van der Waals surface area contributed by atoms with E-state index in [-0.39, 0.29) is 24.5 Å². The van der Waals surface area contributed by atoms with Gasteiger partial charge in [-0.25, -0.2) is 0 Å². The molecule has 0 radical (unpaired) electrons. The van der Waals surface area contributed by atoms with Crippen molar-refractivity contribution in [2.24, 2.45) is 5.73 Å². The average molecular weight is 305 g/mol. The van der Waals surface area contributed by atoms with Gasteiger partial charge in [0.2, 0.25) is 11.8 Å². The second kappa shape index (κ2) is 7.91. The van der Waals surface area contributed by atoms with Crippen LogP contribution in [-0.2, 0) is 14.3 Å². The summed E-state index contributed by atoms with van der Waals surface area (Å²) in [5.41, 5.74) is 6.28. The van der Waals surface area contributed by atoms with Gasteiger partial charge in [-0.2, -0.15) is 0 Å². The Bertz CT molecular complexity index is 501. The van der Waals surface area contributed by atoms with E-state index in [1.165, 1.54) is 4.90 Å². The Hall–Kier alpha value is -1.92. The fraction of sp³-hybridized carbons (Fsp3) is 0.500. The number of hydrogen-bond donors (Lipinski definition) is 2. The average Bonchev–Trinajstić information content (AvgIpc) is 2.53. The van der Waals surface area contributed by atoms with Gasteiger partial charge in [0.1, 0.15) is 0 Å². The molecule has 1 heterocycles. The van der Waals surface area contributed by atoms with Crippen molar-refractivity contribution in [3.05, 3.63) is 35.9 Å². The quantitative estimate of drug-likeness (QED) is 0.799. The maximum absolute atomic E-state index is 12.6. The van der Waals surface area contributed by atoms with Gasteiger partial charge in [0.05, 0.1) is 25.8 Å². The van der Waals surface area contributed by atoms with Crippen LogP contribution >= 0.6 is 0 Å². The van der Waals surface area contributed by atoms with E-state index in [0.29, 0.717) is 19.6 Å². The Morgan fingerprint density at radius 3 is 2.73 bits per heavy atom. The summed E-state index contributed by atoms with van der Waals surface area (Å²) < 4.78 is 5.36. The first kappa shape index (κ1) is 16.5. The molecule has 1 aromatic rings. The van der Waals surface area contributed by atoms with Crippen molar-refractivity contribution < 1.29 is 14.3 Å². The number of nitrogens with zero attached hydrogens (tertiary/aromatic N) is 1. The molecule has 2 atom stereocenters. The summed E-state index contributed by atoms with van der Waals surface area (Å²) in [7, 11) is 0. The van der Waals surface area contributed by atoms with Gasteiger partial charge in [-0.1, -0.05) is 30.3 Å². The van der Waals surface area contributed by atoms with Crippen LogP contribution in [0.1, 0.15) is 24.9 Å². The van der Waals surface area contributed by atoms with Gasteiger partial charge in [-0.3, -0.25) is 9.59 Å². The lowest BCUT2D eigenvalue weighted by atomic mass is 10.1. The predicted molar refractivity (Wildman–Crippen MR) is 83.0 cm³/mol. The van der Waals surface area contributed by atoms with Crippen LogP contribution in [0.15, 0.2) is 30.3 Å². The highest BCUT2D eigenvalue weighted by Crippen LogP contribution is 2.21. The summed E-state index contributed by atoms with van der Waals surface area (Å²) in [6.45, 7) is 3.73. The number of rotatable bonds is 6. The van der Waals surface area contributed by atoms with E-state index in [0.717, 1.165) is 12.1 Å². The Labute approximate surface area is 130 Å². The van der Waals surface area contributed by atoms with Gasteiger partial charge in [-0.05, 0) is 12.5 Å². The molecule has 1 aliphatic rings. The highest BCUT2D eigenvalue weighted by Gasteiger charge is 2.26. The van der Waals surface area contributed by atoms with Crippen molar-refractivity contribution >= 4 is 11.8 Å². The number of hydrogen-bond acceptors (Lipinski definition) is 4. The van der Waals surface area contributed by atoms with Crippen LogP contribution in [-0.4, -0.2) is 49.1 Å². The van der Waals surface area contributed by atoms with E-state index < -0.39 is 5.91 Å². The highest BCUT2D eigenvalue weighted by atomic mass is 16.5. The molecule has 1 saturated heterocycles. The van der Waals surface area contributed by atoms with E-state index in [1.807, 2.05) is 37.3 Å². The summed E-state index contributed by atoms with van der Waals surface area (Å²) in [4.78, 5) is 25.5. The number of primary amides is 1. The molecular formula is C16H23N3O3. The molecular weight excluding hydrogens is 282 g/mol. The van der Waals surface area contributed by atoms with Gasteiger partial charge in [0, 0.05) is 19.0 Å². The number of carbonyl (C=O) groups is 2.